The summed E-state index contributed by atoms with van der Waals surface area (Å²) in [6.45, 7) is 6.21. The smallest absolute Gasteiger partial charge is 0.313 e. The zero-order valence-corrected chi connectivity index (χ0v) is 12.6. The van der Waals surface area contributed by atoms with E-state index in [9.17, 15) is 4.79 Å². The number of imidazole rings is 1. The number of furan rings is 1. The highest BCUT2D eigenvalue weighted by molar-refractivity contribution is 7.99. The van der Waals surface area contributed by atoms with Crippen LogP contribution in [0.3, 0.4) is 0 Å². The van der Waals surface area contributed by atoms with Gasteiger partial charge < -0.3 is 14.1 Å². The van der Waals surface area contributed by atoms with Crippen LogP contribution in [-0.4, -0.2) is 26.4 Å². The van der Waals surface area contributed by atoms with Gasteiger partial charge in [-0.15, -0.1) is 0 Å². The highest BCUT2D eigenvalue weighted by atomic mass is 32.2. The van der Waals surface area contributed by atoms with E-state index < -0.39 is 5.97 Å². The lowest BCUT2D eigenvalue weighted by molar-refractivity contribution is -0.133. The van der Waals surface area contributed by atoms with Gasteiger partial charge in [-0.3, -0.25) is 4.79 Å². The fourth-order valence-corrected chi connectivity index (χ4v) is 2.84. The summed E-state index contributed by atoms with van der Waals surface area (Å²) in [5, 5.41) is 9.54. The van der Waals surface area contributed by atoms with Crippen molar-refractivity contribution in [1.82, 2.24) is 9.55 Å². The molecule has 1 atom stereocenters. The standard InChI is InChI=1S/C14H18N2O3S/c1-9(2)11-7-15-14(20-8-13(17)18)16(11)10(3)12-5-4-6-19-12/h4-7,9-10H,8H2,1-3H3,(H,17,18). The lowest BCUT2D eigenvalue weighted by Crippen LogP contribution is -2.12. The first kappa shape index (κ1) is 14.7. The second kappa shape index (κ2) is 6.17. The van der Waals surface area contributed by atoms with Crippen molar-refractivity contribution in [3.63, 3.8) is 0 Å². The molecule has 0 saturated heterocycles. The maximum absolute atomic E-state index is 10.7. The fourth-order valence-electron chi connectivity index (χ4n) is 2.06. The molecule has 0 saturated carbocycles. The van der Waals surface area contributed by atoms with Gasteiger partial charge in [0.1, 0.15) is 5.76 Å². The first-order chi connectivity index (χ1) is 9.50. The van der Waals surface area contributed by atoms with Crippen molar-refractivity contribution in [2.24, 2.45) is 0 Å². The van der Waals surface area contributed by atoms with Gasteiger partial charge in [-0.1, -0.05) is 25.6 Å². The lowest BCUT2D eigenvalue weighted by Gasteiger charge is -2.19. The van der Waals surface area contributed by atoms with Crippen LogP contribution < -0.4 is 0 Å². The second-order valence-electron chi connectivity index (χ2n) is 4.86. The Morgan fingerprint density at radius 3 is 2.80 bits per heavy atom. The van der Waals surface area contributed by atoms with E-state index in [4.69, 9.17) is 9.52 Å². The zero-order valence-electron chi connectivity index (χ0n) is 11.7. The molecule has 5 nitrogen and oxygen atoms in total. The topological polar surface area (TPSA) is 68.3 Å². The molecule has 2 aromatic rings. The highest BCUT2D eigenvalue weighted by Crippen LogP contribution is 2.30. The predicted octanol–water partition coefficient (Wildman–Crippen LogP) is 3.39. The third-order valence-corrected chi connectivity index (χ3v) is 4.00. The minimum absolute atomic E-state index is 0.000572. The van der Waals surface area contributed by atoms with E-state index >= 15 is 0 Å². The molecule has 20 heavy (non-hydrogen) atoms. The summed E-state index contributed by atoms with van der Waals surface area (Å²) in [7, 11) is 0. The summed E-state index contributed by atoms with van der Waals surface area (Å²) in [5.41, 5.74) is 1.07. The number of nitrogens with zero attached hydrogens (tertiary/aromatic N) is 2. The van der Waals surface area contributed by atoms with Crippen LogP contribution in [0.4, 0.5) is 0 Å². The van der Waals surface area contributed by atoms with E-state index in [1.54, 1.807) is 6.26 Å². The maximum atomic E-state index is 10.7. The van der Waals surface area contributed by atoms with Crippen LogP contribution in [0.5, 0.6) is 0 Å². The van der Waals surface area contributed by atoms with Crippen molar-refractivity contribution in [2.75, 3.05) is 5.75 Å². The molecule has 0 bridgehead atoms. The molecule has 0 radical (unpaired) electrons. The number of rotatable bonds is 6. The Kier molecular flexibility index (Phi) is 4.54. The van der Waals surface area contributed by atoms with E-state index in [1.807, 2.05) is 25.3 Å². The zero-order chi connectivity index (χ0) is 14.7. The third-order valence-electron chi connectivity index (χ3n) is 3.05. The normalized spacial score (nSPS) is 12.8. The molecule has 2 aromatic heterocycles. The number of hydrogen-bond acceptors (Lipinski definition) is 4. The molecule has 0 aliphatic carbocycles. The van der Waals surface area contributed by atoms with Gasteiger partial charge >= 0.3 is 5.97 Å². The molecular formula is C14H18N2O3S. The molecule has 0 fully saturated rings. The van der Waals surface area contributed by atoms with Crippen LogP contribution in [0.1, 0.15) is 44.2 Å². The van der Waals surface area contributed by atoms with E-state index in [0.717, 1.165) is 11.5 Å². The van der Waals surface area contributed by atoms with Crippen LogP contribution in [0, 0.1) is 0 Å². The Labute approximate surface area is 122 Å². The van der Waals surface area contributed by atoms with Gasteiger partial charge in [0, 0.05) is 11.9 Å². The lowest BCUT2D eigenvalue weighted by atomic mass is 10.1. The van der Waals surface area contributed by atoms with Crippen LogP contribution in [0.2, 0.25) is 0 Å². The summed E-state index contributed by atoms with van der Waals surface area (Å²) >= 11 is 1.23. The minimum Gasteiger partial charge on any atom is -0.481 e. The number of hydrogen-bond donors (Lipinski definition) is 1. The molecule has 0 aromatic carbocycles. The molecule has 2 heterocycles. The van der Waals surface area contributed by atoms with E-state index in [2.05, 4.69) is 23.4 Å². The Morgan fingerprint density at radius 1 is 1.50 bits per heavy atom. The van der Waals surface area contributed by atoms with Crippen LogP contribution in [-0.2, 0) is 4.79 Å². The van der Waals surface area contributed by atoms with Gasteiger partial charge in [0.05, 0.1) is 18.1 Å². The van der Waals surface area contributed by atoms with Crippen molar-refractivity contribution in [2.45, 2.75) is 37.9 Å². The molecule has 0 amide bonds. The molecule has 108 valence electrons. The van der Waals surface area contributed by atoms with Crippen LogP contribution >= 0.6 is 11.8 Å². The summed E-state index contributed by atoms with van der Waals surface area (Å²) in [6.07, 6.45) is 3.45. The van der Waals surface area contributed by atoms with Crippen molar-refractivity contribution < 1.29 is 14.3 Å². The van der Waals surface area contributed by atoms with Crippen LogP contribution in [0.15, 0.2) is 34.2 Å². The molecule has 0 spiro atoms. The molecule has 0 aliphatic heterocycles. The average molecular weight is 294 g/mol. The summed E-state index contributed by atoms with van der Waals surface area (Å²) < 4.78 is 7.51. The Morgan fingerprint density at radius 2 is 2.25 bits per heavy atom. The number of aromatic nitrogens is 2. The number of carboxylic acid groups (broad SMARTS) is 1. The number of carboxylic acids is 1. The van der Waals surface area contributed by atoms with E-state index in [0.29, 0.717) is 11.1 Å². The van der Waals surface area contributed by atoms with E-state index in [1.165, 1.54) is 11.8 Å². The van der Waals surface area contributed by atoms with Gasteiger partial charge in [-0.05, 0) is 25.0 Å². The average Bonchev–Trinajstić information content (AvgIpc) is 3.04. The van der Waals surface area contributed by atoms with Gasteiger partial charge in [0.25, 0.3) is 0 Å². The first-order valence-corrected chi connectivity index (χ1v) is 7.44. The fraction of sp³-hybridized carbons (Fsp3) is 0.429. The molecular weight excluding hydrogens is 276 g/mol. The summed E-state index contributed by atoms with van der Waals surface area (Å²) in [4.78, 5) is 15.1. The SMILES string of the molecule is CC(C)c1cnc(SCC(=O)O)n1C(C)c1ccco1. The van der Waals surface area contributed by atoms with Gasteiger partial charge in [0.15, 0.2) is 5.16 Å². The Hall–Kier alpha value is -1.69. The quantitative estimate of drug-likeness (QED) is 0.827. The molecule has 1 N–H and O–H groups in total. The van der Waals surface area contributed by atoms with Gasteiger partial charge in [-0.25, -0.2) is 4.98 Å². The van der Waals surface area contributed by atoms with Gasteiger partial charge in [-0.2, -0.15) is 0 Å². The molecule has 1 unspecified atom stereocenters. The largest absolute Gasteiger partial charge is 0.481 e. The van der Waals surface area contributed by atoms with Gasteiger partial charge in [0.2, 0.25) is 0 Å². The Bertz CT molecular complexity index is 575. The summed E-state index contributed by atoms with van der Waals surface area (Å²) in [6, 6.07) is 3.75. The Balaban J connectivity index is 2.36. The van der Waals surface area contributed by atoms with Crippen molar-refractivity contribution in [3.05, 3.63) is 36.0 Å². The van der Waals surface area contributed by atoms with Crippen molar-refractivity contribution in [3.8, 4) is 0 Å². The number of carbonyl (C=O) groups is 1. The number of aliphatic carboxylic acids is 1. The van der Waals surface area contributed by atoms with Crippen LogP contribution in [0.25, 0.3) is 0 Å². The monoisotopic (exact) mass is 294 g/mol. The van der Waals surface area contributed by atoms with Crippen molar-refractivity contribution >= 4 is 17.7 Å². The molecule has 2 rings (SSSR count). The molecule has 0 aliphatic rings. The highest BCUT2D eigenvalue weighted by Gasteiger charge is 2.21. The maximum Gasteiger partial charge on any atom is 0.313 e. The second-order valence-corrected chi connectivity index (χ2v) is 5.81. The number of thioether (sulfide) groups is 1. The summed E-state index contributed by atoms with van der Waals surface area (Å²) in [5.74, 6) is 0.293. The predicted molar refractivity (Wildman–Crippen MR) is 77.2 cm³/mol. The minimum atomic E-state index is -0.846. The van der Waals surface area contributed by atoms with Crippen molar-refractivity contribution in [1.29, 1.82) is 0 Å². The molecule has 6 heteroatoms. The van der Waals surface area contributed by atoms with E-state index in [-0.39, 0.29) is 11.8 Å². The third kappa shape index (κ3) is 3.07. The first-order valence-electron chi connectivity index (χ1n) is 6.45.